The van der Waals surface area contributed by atoms with Crippen LogP contribution in [-0.4, -0.2) is 31.0 Å². The summed E-state index contributed by atoms with van der Waals surface area (Å²) in [7, 11) is 0. The lowest BCUT2D eigenvalue weighted by Gasteiger charge is -2.16. The van der Waals surface area contributed by atoms with Crippen LogP contribution in [0.5, 0.6) is 5.75 Å². The highest BCUT2D eigenvalue weighted by Crippen LogP contribution is 2.20. The molecule has 30 heavy (non-hydrogen) atoms. The first-order chi connectivity index (χ1) is 14.5. The predicted molar refractivity (Wildman–Crippen MR) is 120 cm³/mol. The molecule has 1 unspecified atom stereocenters. The van der Waals surface area contributed by atoms with Crippen molar-refractivity contribution in [2.45, 2.75) is 32.8 Å². The second kappa shape index (κ2) is 9.92. The Kier molecular flexibility index (Phi) is 7.07. The minimum absolute atomic E-state index is 0.157. The van der Waals surface area contributed by atoms with Crippen LogP contribution in [0.15, 0.2) is 66.7 Å². The Morgan fingerprint density at radius 2 is 1.50 bits per heavy atom. The van der Waals surface area contributed by atoms with Crippen molar-refractivity contribution in [3.63, 3.8) is 0 Å². The van der Waals surface area contributed by atoms with Crippen molar-refractivity contribution < 1.29 is 14.3 Å². The van der Waals surface area contributed by atoms with Gasteiger partial charge in [-0.3, -0.25) is 9.59 Å². The maximum Gasteiger partial charge on any atom is 0.260 e. The van der Waals surface area contributed by atoms with Crippen molar-refractivity contribution >= 4 is 22.6 Å². The normalized spacial score (nSPS) is 11.9. The summed E-state index contributed by atoms with van der Waals surface area (Å²) >= 11 is 0. The van der Waals surface area contributed by atoms with Gasteiger partial charge in [-0.15, -0.1) is 0 Å². The average Bonchev–Trinajstić information content (AvgIpc) is 2.76. The fourth-order valence-corrected chi connectivity index (χ4v) is 3.21. The first-order valence-electron chi connectivity index (χ1n) is 10.3. The molecule has 5 nitrogen and oxygen atoms in total. The molecule has 2 N–H and O–H groups in total. The van der Waals surface area contributed by atoms with E-state index in [-0.39, 0.29) is 11.8 Å². The van der Waals surface area contributed by atoms with Gasteiger partial charge in [-0.2, -0.15) is 0 Å². The van der Waals surface area contributed by atoms with Crippen molar-refractivity contribution in [1.82, 2.24) is 10.6 Å². The van der Waals surface area contributed by atoms with Crippen LogP contribution in [0.2, 0.25) is 0 Å². The van der Waals surface area contributed by atoms with Gasteiger partial charge in [0.2, 0.25) is 0 Å². The Hall–Kier alpha value is -3.34. The highest BCUT2D eigenvalue weighted by atomic mass is 16.5. The van der Waals surface area contributed by atoms with Gasteiger partial charge in [0.05, 0.1) is 0 Å². The maximum atomic E-state index is 12.5. The van der Waals surface area contributed by atoms with Crippen LogP contribution in [0.25, 0.3) is 10.8 Å². The van der Waals surface area contributed by atoms with Crippen LogP contribution < -0.4 is 15.4 Å². The molecule has 0 fully saturated rings. The summed E-state index contributed by atoms with van der Waals surface area (Å²) < 4.78 is 5.71. The van der Waals surface area contributed by atoms with Gasteiger partial charge in [0.1, 0.15) is 5.75 Å². The number of carbonyl (C=O) groups excluding carboxylic acids is 2. The second-order valence-corrected chi connectivity index (χ2v) is 7.56. The van der Waals surface area contributed by atoms with Crippen LogP contribution in [0.1, 0.15) is 42.6 Å². The zero-order valence-electron chi connectivity index (χ0n) is 17.6. The van der Waals surface area contributed by atoms with Gasteiger partial charge in [-0.1, -0.05) is 62.4 Å². The van der Waals surface area contributed by atoms with Gasteiger partial charge >= 0.3 is 0 Å². The largest absolute Gasteiger partial charge is 0.481 e. The lowest BCUT2D eigenvalue weighted by molar-refractivity contribution is -0.127. The number of nitrogens with one attached hydrogen (secondary N) is 2. The van der Waals surface area contributed by atoms with E-state index in [9.17, 15) is 9.59 Å². The third-order valence-corrected chi connectivity index (χ3v) is 4.97. The lowest BCUT2D eigenvalue weighted by atomic mass is 10.0. The Morgan fingerprint density at radius 1 is 0.833 bits per heavy atom. The molecule has 0 saturated heterocycles. The first-order valence-corrected chi connectivity index (χ1v) is 10.3. The molecular formula is C25H28N2O3. The van der Waals surface area contributed by atoms with E-state index in [4.69, 9.17) is 4.74 Å². The molecule has 0 heterocycles. The number of rotatable bonds is 8. The van der Waals surface area contributed by atoms with E-state index in [1.165, 1.54) is 5.56 Å². The number of fused-ring (bicyclic) bond motifs is 1. The Morgan fingerprint density at radius 3 is 2.23 bits per heavy atom. The van der Waals surface area contributed by atoms with Crippen LogP contribution >= 0.6 is 0 Å². The summed E-state index contributed by atoms with van der Waals surface area (Å²) in [6.07, 6.45) is -0.622. The minimum Gasteiger partial charge on any atom is -0.481 e. The van der Waals surface area contributed by atoms with Crippen LogP contribution in [-0.2, 0) is 4.79 Å². The number of carbonyl (C=O) groups is 2. The smallest absolute Gasteiger partial charge is 0.260 e. The van der Waals surface area contributed by atoms with Crippen molar-refractivity contribution in [1.29, 1.82) is 0 Å². The van der Waals surface area contributed by atoms with E-state index in [0.29, 0.717) is 30.3 Å². The molecule has 3 aromatic carbocycles. The summed E-state index contributed by atoms with van der Waals surface area (Å²) in [5.74, 6) is 0.730. The molecule has 0 aromatic heterocycles. The summed E-state index contributed by atoms with van der Waals surface area (Å²) in [5.41, 5.74) is 1.85. The maximum absolute atomic E-state index is 12.5. The third kappa shape index (κ3) is 5.38. The number of ether oxygens (including phenoxy) is 1. The summed E-state index contributed by atoms with van der Waals surface area (Å²) in [4.78, 5) is 24.8. The highest BCUT2D eigenvalue weighted by molar-refractivity contribution is 6.07. The van der Waals surface area contributed by atoms with Crippen molar-refractivity contribution in [3.05, 3.63) is 77.9 Å². The number of benzene rings is 3. The van der Waals surface area contributed by atoms with Crippen LogP contribution in [0.4, 0.5) is 0 Å². The molecule has 0 saturated carbocycles. The minimum atomic E-state index is -0.622. The monoisotopic (exact) mass is 404 g/mol. The van der Waals surface area contributed by atoms with E-state index in [2.05, 4.69) is 24.5 Å². The summed E-state index contributed by atoms with van der Waals surface area (Å²) in [6.45, 7) is 6.63. The molecule has 0 aliphatic heterocycles. The van der Waals surface area contributed by atoms with Crippen molar-refractivity contribution in [3.8, 4) is 5.75 Å². The molecule has 0 radical (unpaired) electrons. The zero-order chi connectivity index (χ0) is 21.5. The summed E-state index contributed by atoms with van der Waals surface area (Å²) in [5, 5.41) is 7.58. The fourth-order valence-electron chi connectivity index (χ4n) is 3.21. The average molecular weight is 405 g/mol. The molecule has 3 aromatic rings. The van der Waals surface area contributed by atoms with E-state index in [1.54, 1.807) is 13.0 Å². The van der Waals surface area contributed by atoms with Gasteiger partial charge in [0, 0.05) is 18.7 Å². The van der Waals surface area contributed by atoms with Crippen LogP contribution in [0.3, 0.4) is 0 Å². The molecular weight excluding hydrogens is 376 g/mol. The molecule has 2 amide bonds. The lowest BCUT2D eigenvalue weighted by Crippen LogP contribution is -2.40. The molecule has 0 bridgehead atoms. The quantitative estimate of drug-likeness (QED) is 0.551. The molecule has 0 aliphatic carbocycles. The van der Waals surface area contributed by atoms with Gasteiger partial charge in [0.25, 0.3) is 11.8 Å². The van der Waals surface area contributed by atoms with Gasteiger partial charge in [0.15, 0.2) is 6.10 Å². The molecule has 156 valence electrons. The standard InChI is InChI=1S/C25H28N2O3/c1-17(2)19-11-13-21(14-12-19)30-18(3)24(28)26-15-16-27-25(29)23-10-6-8-20-7-4-5-9-22(20)23/h4-14,17-18H,15-16H2,1-3H3,(H,26,28)(H,27,29). The Bertz CT molecular complexity index is 1010. The second-order valence-electron chi connectivity index (χ2n) is 7.56. The van der Waals surface area contributed by atoms with Crippen LogP contribution in [0, 0.1) is 0 Å². The molecule has 5 heteroatoms. The Labute approximate surface area is 177 Å². The van der Waals surface area contributed by atoms with E-state index >= 15 is 0 Å². The highest BCUT2D eigenvalue weighted by Gasteiger charge is 2.15. The molecule has 0 spiro atoms. The predicted octanol–water partition coefficient (Wildman–Crippen LogP) is 4.28. The third-order valence-electron chi connectivity index (χ3n) is 4.97. The molecule has 1 atom stereocenters. The summed E-state index contributed by atoms with van der Waals surface area (Å²) in [6, 6.07) is 21.2. The van der Waals surface area contributed by atoms with E-state index in [0.717, 1.165) is 10.8 Å². The SMILES string of the molecule is CC(Oc1ccc(C(C)C)cc1)C(=O)NCCNC(=O)c1cccc2ccccc12. The molecule has 3 rings (SSSR count). The van der Waals surface area contributed by atoms with Crippen molar-refractivity contribution in [2.24, 2.45) is 0 Å². The van der Waals surface area contributed by atoms with Gasteiger partial charge in [-0.05, 0) is 47.4 Å². The topological polar surface area (TPSA) is 67.4 Å². The van der Waals surface area contributed by atoms with E-state index < -0.39 is 6.10 Å². The van der Waals surface area contributed by atoms with E-state index in [1.807, 2.05) is 60.7 Å². The zero-order valence-corrected chi connectivity index (χ0v) is 17.6. The first kappa shape index (κ1) is 21.4. The fraction of sp³-hybridized carbons (Fsp3) is 0.280. The Balaban J connectivity index is 1.45. The molecule has 0 aliphatic rings. The van der Waals surface area contributed by atoms with Gasteiger partial charge in [-0.25, -0.2) is 0 Å². The van der Waals surface area contributed by atoms with Gasteiger partial charge < -0.3 is 15.4 Å². The van der Waals surface area contributed by atoms with Crippen molar-refractivity contribution in [2.75, 3.05) is 13.1 Å². The number of hydrogen-bond donors (Lipinski definition) is 2. The number of amides is 2. The number of hydrogen-bond acceptors (Lipinski definition) is 3.